The van der Waals surface area contributed by atoms with Gasteiger partial charge in [0, 0.05) is 59.5 Å². The lowest BCUT2D eigenvalue weighted by atomic mass is 10.2. The molecule has 0 radical (unpaired) electrons. The number of phosphoric acid groups is 4. The van der Waals surface area contributed by atoms with E-state index < -0.39 is 79.6 Å². The standard InChI is InChI=1S/C29H52N6O14P2.C23H44N6O12P2/c1-7-14-42-50(38,46-22-28(32-34-30)20-40-18-12-24(3)48-26(5)36)44-16-10-9-11-17-45-51(39,43-15-8-2)47-23-29(33-35-31)21-41-19-13-25(4)49-27(6)37;1-5-10-36-42(32,40-18-22(26-28-24)16-34-14-8-20(3)30)38-12-7-13-39-43(33,37-11-6-2)41-19-23(27-29-25)17-35-15-9-21(4)31/h7-8,24-25,28-29H,1-2,9-23H2,3-6H3;5-6,20-23,30-31H,1-2,7-19H2,3-4H3. The van der Waals surface area contributed by atoms with Crippen LogP contribution in [0.3, 0.4) is 0 Å². The molecule has 0 spiro atoms. The largest absolute Gasteiger partial charge is 0.475 e. The lowest BCUT2D eigenvalue weighted by Crippen LogP contribution is -2.22. The van der Waals surface area contributed by atoms with Crippen LogP contribution in [-0.2, 0) is 111 Å². The van der Waals surface area contributed by atoms with E-state index in [4.69, 9.17) is 105 Å². The zero-order valence-corrected chi connectivity index (χ0v) is 58.0. The van der Waals surface area contributed by atoms with Crippen LogP contribution in [0.1, 0.15) is 92.9 Å². The van der Waals surface area contributed by atoms with Crippen LogP contribution in [-0.4, -0.2) is 203 Å². The van der Waals surface area contributed by atoms with Gasteiger partial charge in [0.1, 0.15) is 12.2 Å². The summed E-state index contributed by atoms with van der Waals surface area (Å²) in [5.41, 5.74) is 35.4. The van der Waals surface area contributed by atoms with Crippen molar-refractivity contribution in [2.45, 2.75) is 141 Å². The molecule has 0 rings (SSSR count). The van der Waals surface area contributed by atoms with E-state index in [2.05, 4.69) is 66.4 Å². The Balaban J connectivity index is 0. The van der Waals surface area contributed by atoms with Crippen LogP contribution in [0.15, 0.2) is 71.1 Å². The summed E-state index contributed by atoms with van der Waals surface area (Å²) < 4.78 is 148. The first kappa shape index (κ1) is 91.4. The molecular weight excluding hydrogens is 1330 g/mol. The van der Waals surface area contributed by atoms with Crippen molar-refractivity contribution in [1.29, 1.82) is 0 Å². The molecule has 0 aromatic carbocycles. The molecular formula is C52H96N12O26P4. The van der Waals surface area contributed by atoms with Gasteiger partial charge in [-0.1, -0.05) is 44.8 Å². The van der Waals surface area contributed by atoms with Crippen molar-refractivity contribution in [2.24, 2.45) is 20.5 Å². The predicted molar refractivity (Wildman–Crippen MR) is 340 cm³/mol. The van der Waals surface area contributed by atoms with Gasteiger partial charge in [0.2, 0.25) is 0 Å². The van der Waals surface area contributed by atoms with Crippen molar-refractivity contribution in [3.8, 4) is 0 Å². The highest BCUT2D eigenvalue weighted by Gasteiger charge is 2.32. The molecule has 0 aliphatic heterocycles. The molecule has 0 aliphatic carbocycles. The maximum absolute atomic E-state index is 13.2. The number of hydrogen-bond acceptors (Lipinski definition) is 30. The number of aliphatic hydroxyl groups excluding tert-OH is 2. The molecule has 0 aliphatic rings. The summed E-state index contributed by atoms with van der Waals surface area (Å²) in [4.78, 5) is 33.0. The van der Waals surface area contributed by atoms with Gasteiger partial charge in [-0.3, -0.25) is 63.9 Å². The monoisotopic (exact) mass is 1430 g/mol. The minimum absolute atomic E-state index is 0.0417. The highest BCUT2D eigenvalue weighted by Crippen LogP contribution is 2.53. The third-order valence-electron chi connectivity index (χ3n) is 10.7. The summed E-state index contributed by atoms with van der Waals surface area (Å²) in [6.07, 6.45) is 6.41. The van der Waals surface area contributed by atoms with Crippen LogP contribution in [0.25, 0.3) is 41.8 Å². The molecule has 0 saturated heterocycles. The molecule has 0 bridgehead atoms. The maximum atomic E-state index is 13.2. The minimum atomic E-state index is -4.15. The second kappa shape index (κ2) is 58.5. The molecule has 0 amide bonds. The molecule has 0 aromatic heterocycles. The lowest BCUT2D eigenvalue weighted by molar-refractivity contribution is -0.147. The van der Waals surface area contributed by atoms with Crippen molar-refractivity contribution in [2.75, 3.05) is 132 Å². The second-order valence-electron chi connectivity index (χ2n) is 19.5. The van der Waals surface area contributed by atoms with Crippen molar-refractivity contribution >= 4 is 43.2 Å². The fourth-order valence-electron chi connectivity index (χ4n) is 6.20. The van der Waals surface area contributed by atoms with Crippen molar-refractivity contribution < 1.29 is 121 Å². The van der Waals surface area contributed by atoms with E-state index in [0.717, 1.165) is 0 Å². The molecule has 94 heavy (non-hydrogen) atoms. The van der Waals surface area contributed by atoms with Gasteiger partial charge in [0.05, 0.1) is 155 Å². The van der Waals surface area contributed by atoms with E-state index in [1.165, 1.54) is 38.2 Å². The molecule has 0 heterocycles. The summed E-state index contributed by atoms with van der Waals surface area (Å²) in [5.74, 6) is -0.815. The van der Waals surface area contributed by atoms with E-state index in [1.807, 2.05) is 0 Å². The number of phosphoric ester groups is 4. The van der Waals surface area contributed by atoms with E-state index >= 15 is 0 Å². The Hall–Kier alpha value is -4.66. The zero-order valence-electron chi connectivity index (χ0n) is 54.4. The Morgan fingerprint density at radius 2 is 0.628 bits per heavy atom. The first-order chi connectivity index (χ1) is 44.8. The molecule has 38 nitrogen and oxygen atoms in total. The van der Waals surface area contributed by atoms with Gasteiger partial charge in [-0.05, 0) is 88.3 Å². The van der Waals surface area contributed by atoms with Crippen LogP contribution in [0, 0.1) is 0 Å². The second-order valence-corrected chi connectivity index (χ2v) is 26.2. The number of aliphatic hydroxyl groups is 2. The van der Waals surface area contributed by atoms with E-state index in [-0.39, 0.29) is 151 Å². The number of carbonyl (C=O) groups is 2. The lowest BCUT2D eigenvalue weighted by Gasteiger charge is -2.21. The third kappa shape index (κ3) is 54.5. The fourth-order valence-corrected chi connectivity index (χ4v) is 11.1. The number of hydrogen-bond donors (Lipinski definition) is 2. The smallest absolute Gasteiger partial charge is 0.463 e. The van der Waals surface area contributed by atoms with Crippen LogP contribution in [0.5, 0.6) is 0 Å². The zero-order chi connectivity index (χ0) is 70.8. The van der Waals surface area contributed by atoms with Crippen molar-refractivity contribution in [3.05, 3.63) is 92.4 Å². The highest BCUT2D eigenvalue weighted by molar-refractivity contribution is 7.49. The Morgan fingerprint density at radius 3 is 0.851 bits per heavy atom. The molecule has 0 fully saturated rings. The SMILES string of the molecule is C=CCOP(=O)(OCCCCCOP(=O)(OCC=C)OCC(COCCC(C)OC(C)=O)N=[N+]=[N-])OCC(COCCC(C)OC(C)=O)N=[N+]=[N-].C=CCOP(=O)(OCCCOP(=O)(OCC=C)OCC(COCCC(C)O)N=[N+]=[N-])OCC(COCCC(C)O)N=[N+]=[N-]. The van der Waals surface area contributed by atoms with E-state index in [0.29, 0.717) is 44.9 Å². The van der Waals surface area contributed by atoms with E-state index in [9.17, 15) is 38.1 Å². The number of carbonyl (C=O) groups excluding carboxylic acids is 2. The minimum Gasteiger partial charge on any atom is -0.463 e. The first-order valence-electron chi connectivity index (χ1n) is 29.6. The summed E-state index contributed by atoms with van der Waals surface area (Å²) in [5, 5.41) is 32.9. The van der Waals surface area contributed by atoms with Gasteiger partial charge in [0.25, 0.3) is 0 Å². The van der Waals surface area contributed by atoms with E-state index in [1.54, 1.807) is 27.7 Å². The molecule has 0 aromatic rings. The quantitative estimate of drug-likeness (QED) is 0.0109. The van der Waals surface area contributed by atoms with Gasteiger partial charge < -0.3 is 38.6 Å². The Kier molecular flexibility index (Phi) is 56.9. The summed E-state index contributed by atoms with van der Waals surface area (Å²) >= 11 is 0. The number of nitrogens with zero attached hydrogens (tertiary/aromatic N) is 12. The van der Waals surface area contributed by atoms with Crippen LogP contribution in [0.2, 0.25) is 0 Å². The third-order valence-corrected chi connectivity index (χ3v) is 16.4. The van der Waals surface area contributed by atoms with Gasteiger partial charge in [0.15, 0.2) is 0 Å². The first-order valence-corrected chi connectivity index (χ1v) is 35.4. The van der Waals surface area contributed by atoms with Gasteiger partial charge in [-0.15, -0.1) is 26.3 Å². The molecule has 42 heteroatoms. The number of rotatable bonds is 64. The van der Waals surface area contributed by atoms with Gasteiger partial charge in [-0.25, -0.2) is 18.3 Å². The van der Waals surface area contributed by atoms with Crippen molar-refractivity contribution in [3.63, 3.8) is 0 Å². The maximum Gasteiger partial charge on any atom is 0.475 e. The normalized spacial score (nSPS) is 16.3. The molecule has 0 saturated carbocycles. The summed E-state index contributed by atoms with van der Waals surface area (Å²) in [7, 11) is -16.5. The van der Waals surface area contributed by atoms with Gasteiger partial charge in [-0.2, -0.15) is 0 Å². The molecule has 12 unspecified atom stereocenters. The van der Waals surface area contributed by atoms with Gasteiger partial charge >= 0.3 is 43.2 Å². The highest BCUT2D eigenvalue weighted by atomic mass is 31.2. The topological polar surface area (TPSA) is 504 Å². The fraction of sp³-hybridized carbons (Fsp3) is 0.808. The van der Waals surface area contributed by atoms with Crippen molar-refractivity contribution in [1.82, 2.24) is 0 Å². The molecule has 540 valence electrons. The van der Waals surface area contributed by atoms with Crippen LogP contribution in [0.4, 0.5) is 0 Å². The number of azide groups is 4. The van der Waals surface area contributed by atoms with Crippen LogP contribution < -0.4 is 0 Å². The average molecular weight is 1430 g/mol. The Morgan fingerprint density at radius 1 is 0.383 bits per heavy atom. The van der Waals surface area contributed by atoms with Crippen LogP contribution >= 0.6 is 31.3 Å². The molecule has 12 atom stereocenters. The Labute approximate surface area is 548 Å². The Bertz CT molecular complexity index is 2350. The summed E-state index contributed by atoms with van der Waals surface area (Å²) in [6.45, 7) is 21.4. The number of unbranched alkanes of at least 4 members (excludes halogenated alkanes) is 2. The number of ether oxygens (including phenoxy) is 6. The summed E-state index contributed by atoms with van der Waals surface area (Å²) in [6, 6.07) is -3.40. The molecule has 2 N–H and O–H groups in total. The average Bonchev–Trinajstić information content (AvgIpc) is 1.20. The predicted octanol–water partition coefficient (Wildman–Crippen LogP) is 11.9. The number of esters is 2.